The number of ether oxygens (including phenoxy) is 2. The molecule has 0 saturated heterocycles. The molecule has 0 heterocycles. The maximum atomic E-state index is 14.7. The summed E-state index contributed by atoms with van der Waals surface area (Å²) in [6.07, 6.45) is 3.40. The minimum atomic E-state index is -1.25. The van der Waals surface area contributed by atoms with Crippen molar-refractivity contribution < 1.29 is 27.4 Å². The van der Waals surface area contributed by atoms with Gasteiger partial charge in [0.05, 0.1) is 12.2 Å². The summed E-state index contributed by atoms with van der Waals surface area (Å²) in [5.41, 5.74) is 2.54. The zero-order valence-corrected chi connectivity index (χ0v) is 20.3. The summed E-state index contributed by atoms with van der Waals surface area (Å²) >= 11 is 0. The normalized spacial score (nSPS) is 10.7. The number of carbonyl (C=O) groups excluding carboxylic acids is 1. The van der Waals surface area contributed by atoms with E-state index in [0.717, 1.165) is 18.4 Å². The molecule has 0 N–H and O–H groups in total. The highest BCUT2D eigenvalue weighted by Gasteiger charge is 2.19. The molecule has 6 heteroatoms. The number of carbonyl (C=O) groups is 1. The largest absolute Gasteiger partial charge is 0.493 e. The Labute approximate surface area is 213 Å². The van der Waals surface area contributed by atoms with Crippen LogP contribution in [-0.4, -0.2) is 12.6 Å². The Balaban J connectivity index is 1.45. The fourth-order valence-corrected chi connectivity index (χ4v) is 3.75. The Morgan fingerprint density at radius 1 is 0.838 bits per heavy atom. The molecule has 4 aromatic rings. The van der Waals surface area contributed by atoms with E-state index in [4.69, 9.17) is 9.47 Å². The topological polar surface area (TPSA) is 35.5 Å². The first kappa shape index (κ1) is 25.8. The predicted molar refractivity (Wildman–Crippen MR) is 138 cm³/mol. The Hall–Kier alpha value is -4.32. The van der Waals surface area contributed by atoms with E-state index in [2.05, 4.69) is 6.58 Å². The lowest BCUT2D eigenvalue weighted by Gasteiger charge is -2.11. The molecular weight excluding hydrogens is 477 g/mol. The molecule has 0 radical (unpaired) electrons. The number of hydrogen-bond donors (Lipinski definition) is 0. The SMILES string of the molecule is C=CCCCOc1ccc(-c2ccc(C(=O)Oc3ccc(-c4ccc(C)cc4)c(F)c3F)cc2)c(F)c1. The van der Waals surface area contributed by atoms with E-state index in [1.54, 1.807) is 54.6 Å². The lowest BCUT2D eigenvalue weighted by Crippen LogP contribution is -2.10. The molecule has 0 spiro atoms. The first-order chi connectivity index (χ1) is 17.9. The number of halogens is 3. The second-order valence-corrected chi connectivity index (χ2v) is 8.49. The standard InChI is InChI=1S/C31H25F3O3/c1-3-4-5-18-36-24-14-15-25(27(32)19-24)21-10-12-23(13-11-21)31(35)37-28-17-16-26(29(33)30(28)34)22-8-6-20(2)7-9-22/h3,6-17,19H,1,4-5,18H2,2H3. The van der Waals surface area contributed by atoms with E-state index in [1.807, 2.05) is 6.92 Å². The zero-order chi connectivity index (χ0) is 26.4. The Kier molecular flexibility index (Phi) is 8.08. The van der Waals surface area contributed by atoms with Crippen LogP contribution in [0.3, 0.4) is 0 Å². The molecule has 0 aliphatic heterocycles. The van der Waals surface area contributed by atoms with E-state index in [-0.39, 0.29) is 11.1 Å². The number of rotatable bonds is 9. The van der Waals surface area contributed by atoms with Gasteiger partial charge in [-0.2, -0.15) is 4.39 Å². The van der Waals surface area contributed by atoms with Gasteiger partial charge in [-0.3, -0.25) is 0 Å². The van der Waals surface area contributed by atoms with Crippen molar-refractivity contribution in [3.63, 3.8) is 0 Å². The van der Waals surface area contributed by atoms with E-state index < -0.39 is 29.2 Å². The van der Waals surface area contributed by atoms with Gasteiger partial charge in [-0.1, -0.05) is 48.0 Å². The minimum Gasteiger partial charge on any atom is -0.493 e. The summed E-state index contributed by atoms with van der Waals surface area (Å²) in [5.74, 6) is -3.78. The summed E-state index contributed by atoms with van der Waals surface area (Å²) in [5, 5.41) is 0. The van der Waals surface area contributed by atoms with Crippen molar-refractivity contribution in [2.75, 3.05) is 6.61 Å². The summed E-state index contributed by atoms with van der Waals surface area (Å²) in [6.45, 7) is 6.00. The quantitative estimate of drug-likeness (QED) is 0.0999. The molecule has 3 nitrogen and oxygen atoms in total. The number of benzene rings is 4. The number of allylic oxidation sites excluding steroid dienone is 1. The molecule has 0 amide bonds. The smallest absolute Gasteiger partial charge is 0.343 e. The molecule has 0 fully saturated rings. The van der Waals surface area contributed by atoms with Crippen molar-refractivity contribution in [3.8, 4) is 33.8 Å². The van der Waals surface area contributed by atoms with Crippen LogP contribution in [0.15, 0.2) is 91.5 Å². The third kappa shape index (κ3) is 6.09. The molecule has 0 aliphatic rings. The number of aryl methyl sites for hydroxylation is 1. The molecule has 4 aromatic carbocycles. The van der Waals surface area contributed by atoms with Crippen LogP contribution in [0, 0.1) is 24.4 Å². The molecule has 0 bridgehead atoms. The second-order valence-electron chi connectivity index (χ2n) is 8.49. The van der Waals surface area contributed by atoms with Crippen LogP contribution in [0.5, 0.6) is 11.5 Å². The van der Waals surface area contributed by atoms with Crippen molar-refractivity contribution in [3.05, 3.63) is 120 Å². The molecule has 37 heavy (non-hydrogen) atoms. The van der Waals surface area contributed by atoms with E-state index in [1.165, 1.54) is 30.3 Å². The molecular formula is C31H25F3O3. The average Bonchev–Trinajstić information content (AvgIpc) is 2.90. The van der Waals surface area contributed by atoms with Gasteiger partial charge in [0.1, 0.15) is 11.6 Å². The Bertz CT molecular complexity index is 1410. The van der Waals surface area contributed by atoms with E-state index in [9.17, 15) is 18.0 Å². The Morgan fingerprint density at radius 2 is 1.49 bits per heavy atom. The van der Waals surface area contributed by atoms with Crippen LogP contribution in [-0.2, 0) is 0 Å². The third-order valence-electron chi connectivity index (χ3n) is 5.81. The maximum Gasteiger partial charge on any atom is 0.343 e. The highest BCUT2D eigenvalue weighted by Crippen LogP contribution is 2.31. The van der Waals surface area contributed by atoms with Crippen LogP contribution in [0.25, 0.3) is 22.3 Å². The van der Waals surface area contributed by atoms with Gasteiger partial charge in [0.2, 0.25) is 5.82 Å². The molecule has 0 aliphatic carbocycles. The fraction of sp³-hybridized carbons (Fsp3) is 0.129. The van der Waals surface area contributed by atoms with Gasteiger partial charge in [-0.25, -0.2) is 13.6 Å². The summed E-state index contributed by atoms with van der Waals surface area (Å²) in [6, 6.07) is 20.1. The van der Waals surface area contributed by atoms with Crippen molar-refractivity contribution in [2.45, 2.75) is 19.8 Å². The van der Waals surface area contributed by atoms with Crippen molar-refractivity contribution in [2.24, 2.45) is 0 Å². The molecule has 4 rings (SSSR count). The molecule has 0 saturated carbocycles. The van der Waals surface area contributed by atoms with Crippen LogP contribution in [0.1, 0.15) is 28.8 Å². The highest BCUT2D eigenvalue weighted by molar-refractivity contribution is 5.91. The maximum absolute atomic E-state index is 14.7. The van der Waals surface area contributed by atoms with Gasteiger partial charge in [-0.15, -0.1) is 6.58 Å². The second kappa shape index (κ2) is 11.6. The van der Waals surface area contributed by atoms with Crippen molar-refractivity contribution in [1.82, 2.24) is 0 Å². The highest BCUT2D eigenvalue weighted by atomic mass is 19.2. The monoisotopic (exact) mass is 502 g/mol. The summed E-state index contributed by atoms with van der Waals surface area (Å²) in [4.78, 5) is 12.6. The van der Waals surface area contributed by atoms with Gasteiger partial charge in [0.25, 0.3) is 0 Å². The summed E-state index contributed by atoms with van der Waals surface area (Å²) in [7, 11) is 0. The number of unbranched alkanes of at least 4 members (excludes halogenated alkanes) is 1. The van der Waals surface area contributed by atoms with E-state index >= 15 is 0 Å². The van der Waals surface area contributed by atoms with Crippen molar-refractivity contribution >= 4 is 5.97 Å². The van der Waals surface area contributed by atoms with E-state index in [0.29, 0.717) is 29.0 Å². The number of esters is 1. The van der Waals surface area contributed by atoms with Gasteiger partial charge >= 0.3 is 5.97 Å². The predicted octanol–water partition coefficient (Wildman–Crippen LogP) is 8.31. The average molecular weight is 503 g/mol. The van der Waals surface area contributed by atoms with Crippen LogP contribution < -0.4 is 9.47 Å². The first-order valence-corrected chi connectivity index (χ1v) is 11.8. The van der Waals surface area contributed by atoms with Crippen molar-refractivity contribution in [1.29, 1.82) is 0 Å². The lowest BCUT2D eigenvalue weighted by molar-refractivity contribution is 0.0727. The lowest BCUT2D eigenvalue weighted by atomic mass is 10.0. The van der Waals surface area contributed by atoms with Crippen LogP contribution in [0.2, 0.25) is 0 Å². The number of hydrogen-bond acceptors (Lipinski definition) is 3. The molecule has 188 valence electrons. The first-order valence-electron chi connectivity index (χ1n) is 11.8. The Morgan fingerprint density at radius 3 is 2.16 bits per heavy atom. The van der Waals surface area contributed by atoms with Gasteiger partial charge in [-0.05, 0) is 67.3 Å². The van der Waals surface area contributed by atoms with Gasteiger partial charge < -0.3 is 9.47 Å². The van der Waals surface area contributed by atoms with Crippen LogP contribution in [0.4, 0.5) is 13.2 Å². The molecule has 0 aromatic heterocycles. The zero-order valence-electron chi connectivity index (χ0n) is 20.3. The molecule has 0 unspecified atom stereocenters. The summed E-state index contributed by atoms with van der Waals surface area (Å²) < 4.78 is 54.7. The molecule has 0 atom stereocenters. The minimum absolute atomic E-state index is 0.0665. The third-order valence-corrected chi connectivity index (χ3v) is 5.81. The fourth-order valence-electron chi connectivity index (χ4n) is 3.75. The van der Waals surface area contributed by atoms with Gasteiger partial charge in [0, 0.05) is 17.2 Å². The van der Waals surface area contributed by atoms with Crippen LogP contribution >= 0.6 is 0 Å². The van der Waals surface area contributed by atoms with Gasteiger partial charge in [0.15, 0.2) is 11.6 Å².